The number of carbonyl (C=O) groups is 1. The predicted octanol–water partition coefficient (Wildman–Crippen LogP) is 5.50. The number of aryl methyl sites for hydroxylation is 1. The molecule has 27 heavy (non-hydrogen) atoms. The molecule has 0 fully saturated rings. The molecular formula is C23H31NO3. The van der Waals surface area contributed by atoms with E-state index in [4.69, 9.17) is 9.47 Å². The highest BCUT2D eigenvalue weighted by Crippen LogP contribution is 2.26. The predicted molar refractivity (Wildman–Crippen MR) is 110 cm³/mol. The number of anilines is 1. The molecule has 0 aromatic heterocycles. The Morgan fingerprint density at radius 2 is 1.85 bits per heavy atom. The third-order valence-electron chi connectivity index (χ3n) is 4.62. The van der Waals surface area contributed by atoms with E-state index in [2.05, 4.69) is 12.2 Å². The molecule has 0 aliphatic heterocycles. The minimum Gasteiger partial charge on any atom is -0.489 e. The zero-order chi connectivity index (χ0) is 19.7. The zero-order valence-corrected chi connectivity index (χ0v) is 16.9. The number of nitrogens with one attached hydrogen (secondary N) is 1. The highest BCUT2D eigenvalue weighted by molar-refractivity contribution is 5.97. The molecule has 0 saturated carbocycles. The summed E-state index contributed by atoms with van der Waals surface area (Å²) in [4.78, 5) is 12.8. The highest BCUT2D eigenvalue weighted by Gasteiger charge is 2.33. The standard InChI is InChI=1S/C23H31NO3/c1-5-7-15-23(4,27-6-2)22(25)24-20-13-14-21(18(3)16-20)26-17-19-11-9-8-10-12-19/h8-14,16H,5-7,15,17H2,1-4H3,(H,24,25)/t23-/m1/s1. The van der Waals surface area contributed by atoms with E-state index in [1.54, 1.807) is 0 Å². The van der Waals surface area contributed by atoms with Crippen molar-refractivity contribution in [3.05, 3.63) is 59.7 Å². The normalized spacial score (nSPS) is 13.0. The van der Waals surface area contributed by atoms with Crippen molar-refractivity contribution in [2.45, 2.75) is 59.2 Å². The lowest BCUT2D eigenvalue weighted by Gasteiger charge is -2.28. The number of amides is 1. The van der Waals surface area contributed by atoms with E-state index in [1.807, 2.05) is 69.3 Å². The van der Waals surface area contributed by atoms with Crippen LogP contribution in [0.25, 0.3) is 0 Å². The van der Waals surface area contributed by atoms with Crippen LogP contribution in [-0.2, 0) is 16.1 Å². The first-order valence-electron chi connectivity index (χ1n) is 9.71. The van der Waals surface area contributed by atoms with Crippen LogP contribution in [0.4, 0.5) is 5.69 Å². The average molecular weight is 370 g/mol. The Balaban J connectivity index is 2.02. The van der Waals surface area contributed by atoms with E-state index in [1.165, 1.54) is 0 Å². The van der Waals surface area contributed by atoms with E-state index in [-0.39, 0.29) is 5.91 Å². The summed E-state index contributed by atoms with van der Waals surface area (Å²) >= 11 is 0. The molecule has 4 nitrogen and oxygen atoms in total. The summed E-state index contributed by atoms with van der Waals surface area (Å²) in [5.74, 6) is 0.713. The van der Waals surface area contributed by atoms with Gasteiger partial charge in [-0.3, -0.25) is 4.79 Å². The lowest BCUT2D eigenvalue weighted by molar-refractivity contribution is -0.139. The SMILES string of the molecule is CCCC[C@@](C)(OCC)C(=O)Nc1ccc(OCc2ccccc2)c(C)c1. The first-order chi connectivity index (χ1) is 13.0. The maximum Gasteiger partial charge on any atom is 0.256 e. The maximum atomic E-state index is 12.8. The van der Waals surface area contributed by atoms with Gasteiger partial charge in [0.1, 0.15) is 18.0 Å². The lowest BCUT2D eigenvalue weighted by Crippen LogP contribution is -2.42. The molecule has 146 valence electrons. The molecule has 2 aromatic rings. The van der Waals surface area contributed by atoms with E-state index in [9.17, 15) is 4.79 Å². The number of hydrogen-bond donors (Lipinski definition) is 1. The smallest absolute Gasteiger partial charge is 0.256 e. The lowest BCUT2D eigenvalue weighted by atomic mass is 9.97. The minimum atomic E-state index is -0.804. The Morgan fingerprint density at radius 3 is 2.48 bits per heavy atom. The van der Waals surface area contributed by atoms with Crippen molar-refractivity contribution in [3.63, 3.8) is 0 Å². The monoisotopic (exact) mass is 369 g/mol. The molecule has 0 aliphatic carbocycles. The molecule has 0 saturated heterocycles. The number of unbranched alkanes of at least 4 members (excludes halogenated alkanes) is 1. The Labute approximate surface area is 162 Å². The first-order valence-corrected chi connectivity index (χ1v) is 9.71. The Hall–Kier alpha value is -2.33. The number of rotatable bonds is 10. The van der Waals surface area contributed by atoms with E-state index < -0.39 is 5.60 Å². The summed E-state index contributed by atoms with van der Waals surface area (Å²) in [5, 5.41) is 3.00. The number of ether oxygens (including phenoxy) is 2. The molecule has 1 N–H and O–H groups in total. The van der Waals surface area contributed by atoms with Crippen LogP contribution in [0.3, 0.4) is 0 Å². The second-order valence-electron chi connectivity index (χ2n) is 6.98. The van der Waals surface area contributed by atoms with Crippen LogP contribution in [0.1, 0.15) is 51.2 Å². The van der Waals surface area contributed by atoms with Crippen LogP contribution >= 0.6 is 0 Å². The molecule has 4 heteroatoms. The van der Waals surface area contributed by atoms with Gasteiger partial charge in [-0.1, -0.05) is 50.1 Å². The molecule has 1 atom stereocenters. The molecule has 1 amide bonds. The van der Waals surface area contributed by atoms with Crippen LogP contribution in [0.15, 0.2) is 48.5 Å². The van der Waals surface area contributed by atoms with Gasteiger partial charge in [0, 0.05) is 12.3 Å². The van der Waals surface area contributed by atoms with Crippen molar-refractivity contribution >= 4 is 11.6 Å². The largest absolute Gasteiger partial charge is 0.489 e. The van der Waals surface area contributed by atoms with Gasteiger partial charge in [0.25, 0.3) is 5.91 Å². The topological polar surface area (TPSA) is 47.6 Å². The fraction of sp³-hybridized carbons (Fsp3) is 0.435. The number of benzene rings is 2. The van der Waals surface area contributed by atoms with E-state index in [0.717, 1.165) is 35.4 Å². The van der Waals surface area contributed by atoms with Crippen molar-refractivity contribution in [1.29, 1.82) is 0 Å². The summed E-state index contributed by atoms with van der Waals surface area (Å²) in [7, 11) is 0. The summed E-state index contributed by atoms with van der Waals surface area (Å²) in [5.41, 5.74) is 2.06. The summed E-state index contributed by atoms with van der Waals surface area (Å²) in [6.07, 6.45) is 2.69. The first kappa shape index (κ1) is 21.0. The summed E-state index contributed by atoms with van der Waals surface area (Å²) in [6.45, 7) is 8.91. The summed E-state index contributed by atoms with van der Waals surface area (Å²) in [6, 6.07) is 15.8. The van der Waals surface area contributed by atoms with Gasteiger partial charge in [0.15, 0.2) is 0 Å². The van der Waals surface area contributed by atoms with Gasteiger partial charge in [0.05, 0.1) is 0 Å². The molecular weight excluding hydrogens is 338 g/mol. The number of hydrogen-bond acceptors (Lipinski definition) is 3. The average Bonchev–Trinajstić information content (AvgIpc) is 2.67. The van der Waals surface area contributed by atoms with Gasteiger partial charge in [0.2, 0.25) is 0 Å². The molecule has 2 aromatic carbocycles. The zero-order valence-electron chi connectivity index (χ0n) is 16.9. The Kier molecular flexibility index (Phi) is 7.86. The molecule has 0 radical (unpaired) electrons. The van der Waals surface area contributed by atoms with Crippen LogP contribution in [0.2, 0.25) is 0 Å². The quantitative estimate of drug-likeness (QED) is 0.602. The van der Waals surface area contributed by atoms with Crippen molar-refractivity contribution in [2.24, 2.45) is 0 Å². The van der Waals surface area contributed by atoms with Crippen LogP contribution in [-0.4, -0.2) is 18.1 Å². The molecule has 0 bridgehead atoms. The third-order valence-corrected chi connectivity index (χ3v) is 4.62. The summed E-state index contributed by atoms with van der Waals surface area (Å²) < 4.78 is 11.7. The molecule has 0 heterocycles. The van der Waals surface area contributed by atoms with Crippen LogP contribution in [0.5, 0.6) is 5.75 Å². The van der Waals surface area contributed by atoms with E-state index in [0.29, 0.717) is 19.6 Å². The maximum absolute atomic E-state index is 12.8. The molecule has 2 rings (SSSR count). The van der Waals surface area contributed by atoms with Crippen molar-refractivity contribution < 1.29 is 14.3 Å². The molecule has 0 spiro atoms. The Morgan fingerprint density at radius 1 is 1.11 bits per heavy atom. The van der Waals surface area contributed by atoms with E-state index >= 15 is 0 Å². The van der Waals surface area contributed by atoms with Gasteiger partial charge in [-0.15, -0.1) is 0 Å². The van der Waals surface area contributed by atoms with Crippen molar-refractivity contribution in [2.75, 3.05) is 11.9 Å². The fourth-order valence-corrected chi connectivity index (χ4v) is 2.97. The number of carbonyl (C=O) groups excluding carboxylic acids is 1. The van der Waals surface area contributed by atoms with Gasteiger partial charge in [-0.2, -0.15) is 0 Å². The molecule has 0 aliphatic rings. The highest BCUT2D eigenvalue weighted by atomic mass is 16.5. The second kappa shape index (κ2) is 10.1. The van der Waals surface area contributed by atoms with Crippen LogP contribution in [0, 0.1) is 6.92 Å². The van der Waals surface area contributed by atoms with Gasteiger partial charge in [-0.25, -0.2) is 0 Å². The van der Waals surface area contributed by atoms with Gasteiger partial charge >= 0.3 is 0 Å². The fourth-order valence-electron chi connectivity index (χ4n) is 2.97. The van der Waals surface area contributed by atoms with Gasteiger partial charge < -0.3 is 14.8 Å². The van der Waals surface area contributed by atoms with Crippen LogP contribution < -0.4 is 10.1 Å². The minimum absolute atomic E-state index is 0.102. The van der Waals surface area contributed by atoms with Crippen molar-refractivity contribution in [3.8, 4) is 5.75 Å². The second-order valence-corrected chi connectivity index (χ2v) is 6.98. The Bertz CT molecular complexity index is 730. The third kappa shape index (κ3) is 6.10. The van der Waals surface area contributed by atoms with Crippen molar-refractivity contribution in [1.82, 2.24) is 0 Å². The molecule has 0 unspecified atom stereocenters. The van der Waals surface area contributed by atoms with Gasteiger partial charge in [-0.05, 0) is 56.5 Å².